The van der Waals surface area contributed by atoms with Gasteiger partial charge in [-0.2, -0.15) is 0 Å². The van der Waals surface area contributed by atoms with Gasteiger partial charge in [0.15, 0.2) is 5.15 Å². The molecule has 172 valence electrons. The van der Waals surface area contributed by atoms with Crippen molar-refractivity contribution in [1.29, 1.82) is 0 Å². The average Bonchev–Trinajstić information content (AvgIpc) is 3.31. The standard InChI is InChI=1S/C25H28ClN5O2/c1-2-27-25(33)20-8-9-22(23(26)28-20)31-12-10-30(11-13-31)15-16-6-7-18-17-4-3-5-19(17)24(32)29-21(18)14-16/h6-9,14H,2-5,10-13,15H2,1H3,(H,27,33)(H,29,32). The van der Waals surface area contributed by atoms with Crippen LogP contribution in [-0.2, 0) is 19.4 Å². The third kappa shape index (κ3) is 4.35. The molecule has 0 spiro atoms. The first-order valence-corrected chi connectivity index (χ1v) is 12.0. The molecule has 3 heterocycles. The lowest BCUT2D eigenvalue weighted by atomic mass is 10.0. The number of carbonyl (C=O) groups is 1. The van der Waals surface area contributed by atoms with E-state index >= 15 is 0 Å². The number of piperazine rings is 1. The van der Waals surface area contributed by atoms with E-state index in [4.69, 9.17) is 11.6 Å². The Morgan fingerprint density at radius 2 is 1.91 bits per heavy atom. The molecule has 8 heteroatoms. The van der Waals surface area contributed by atoms with E-state index in [1.54, 1.807) is 6.07 Å². The van der Waals surface area contributed by atoms with Gasteiger partial charge in [0.05, 0.1) is 5.69 Å². The summed E-state index contributed by atoms with van der Waals surface area (Å²) in [5, 5.41) is 4.29. The molecule has 2 aromatic heterocycles. The molecule has 5 rings (SSSR count). The molecule has 0 bridgehead atoms. The number of benzene rings is 1. The van der Waals surface area contributed by atoms with Crippen LogP contribution in [0, 0.1) is 0 Å². The second kappa shape index (κ2) is 9.15. The minimum Gasteiger partial charge on any atom is -0.366 e. The van der Waals surface area contributed by atoms with Crippen molar-refractivity contribution >= 4 is 34.1 Å². The summed E-state index contributed by atoms with van der Waals surface area (Å²) in [6.45, 7) is 6.72. The fourth-order valence-corrected chi connectivity index (χ4v) is 5.26. The van der Waals surface area contributed by atoms with Crippen LogP contribution >= 0.6 is 11.6 Å². The van der Waals surface area contributed by atoms with Gasteiger partial charge in [0.2, 0.25) is 0 Å². The molecule has 0 radical (unpaired) electrons. The number of carbonyl (C=O) groups excluding carboxylic acids is 1. The Morgan fingerprint density at radius 1 is 1.12 bits per heavy atom. The number of anilines is 1. The van der Waals surface area contributed by atoms with E-state index in [2.05, 4.69) is 43.3 Å². The number of nitrogens with zero attached hydrogens (tertiary/aromatic N) is 3. The van der Waals surface area contributed by atoms with E-state index in [1.165, 1.54) is 16.5 Å². The van der Waals surface area contributed by atoms with Gasteiger partial charge in [0, 0.05) is 55.7 Å². The molecule has 1 aromatic carbocycles. The van der Waals surface area contributed by atoms with Crippen LogP contribution in [-0.4, -0.2) is 53.5 Å². The molecular weight excluding hydrogens is 438 g/mol. The quantitative estimate of drug-likeness (QED) is 0.566. The van der Waals surface area contributed by atoms with Crippen molar-refractivity contribution in [2.45, 2.75) is 32.7 Å². The SMILES string of the molecule is CCNC(=O)c1ccc(N2CCN(Cc3ccc4c5c(c(=O)[nH]c4c3)CCC5)CC2)c(Cl)n1. The molecule has 33 heavy (non-hydrogen) atoms. The largest absolute Gasteiger partial charge is 0.366 e. The third-order valence-corrected chi connectivity index (χ3v) is 6.95. The molecule has 3 aromatic rings. The van der Waals surface area contributed by atoms with Crippen molar-refractivity contribution in [2.24, 2.45) is 0 Å². The minimum absolute atomic E-state index is 0.0736. The number of H-pyrrole nitrogens is 1. The van der Waals surface area contributed by atoms with Gasteiger partial charge in [-0.05, 0) is 55.5 Å². The maximum atomic E-state index is 12.4. The summed E-state index contributed by atoms with van der Waals surface area (Å²) in [6, 6.07) is 10.1. The zero-order valence-electron chi connectivity index (χ0n) is 18.8. The predicted octanol–water partition coefficient (Wildman–Crippen LogP) is 3.14. The lowest BCUT2D eigenvalue weighted by molar-refractivity contribution is 0.0951. The maximum absolute atomic E-state index is 12.4. The molecule has 1 fully saturated rings. The minimum atomic E-state index is -0.211. The van der Waals surface area contributed by atoms with Crippen LogP contribution < -0.4 is 15.8 Å². The zero-order chi connectivity index (χ0) is 22.9. The van der Waals surface area contributed by atoms with Crippen molar-refractivity contribution in [3.8, 4) is 0 Å². The predicted molar refractivity (Wildman–Crippen MR) is 131 cm³/mol. The fourth-order valence-electron chi connectivity index (χ4n) is 4.99. The van der Waals surface area contributed by atoms with Crippen LogP contribution in [0.2, 0.25) is 5.15 Å². The number of fused-ring (bicyclic) bond motifs is 3. The average molecular weight is 466 g/mol. The van der Waals surface area contributed by atoms with Crippen LogP contribution in [0.4, 0.5) is 5.69 Å². The molecule has 0 unspecified atom stereocenters. The molecular formula is C25H28ClN5O2. The highest BCUT2D eigenvalue weighted by Gasteiger charge is 2.22. The Hall–Kier alpha value is -2.90. The molecule has 1 aliphatic heterocycles. The number of nitrogens with one attached hydrogen (secondary N) is 2. The number of aryl methyl sites for hydroxylation is 1. The summed E-state index contributed by atoms with van der Waals surface area (Å²) in [4.78, 5) is 36.4. The monoisotopic (exact) mass is 465 g/mol. The number of amides is 1. The van der Waals surface area contributed by atoms with Crippen molar-refractivity contribution in [1.82, 2.24) is 20.2 Å². The Morgan fingerprint density at radius 3 is 2.67 bits per heavy atom. The van der Waals surface area contributed by atoms with Crippen LogP contribution in [0.5, 0.6) is 0 Å². The molecule has 2 aliphatic rings. The van der Waals surface area contributed by atoms with Crippen molar-refractivity contribution in [3.63, 3.8) is 0 Å². The summed E-state index contributed by atoms with van der Waals surface area (Å²) in [5.74, 6) is -0.211. The van der Waals surface area contributed by atoms with Gasteiger partial charge in [0.25, 0.3) is 11.5 Å². The van der Waals surface area contributed by atoms with Gasteiger partial charge in [-0.15, -0.1) is 0 Å². The second-order valence-electron chi connectivity index (χ2n) is 8.77. The molecule has 0 atom stereocenters. The van der Waals surface area contributed by atoms with E-state index in [9.17, 15) is 9.59 Å². The van der Waals surface area contributed by atoms with E-state index in [-0.39, 0.29) is 11.5 Å². The van der Waals surface area contributed by atoms with E-state index in [1.807, 2.05) is 13.0 Å². The van der Waals surface area contributed by atoms with Gasteiger partial charge in [-0.3, -0.25) is 14.5 Å². The molecule has 1 saturated heterocycles. The number of pyridine rings is 2. The normalized spacial score (nSPS) is 16.2. The van der Waals surface area contributed by atoms with Gasteiger partial charge in [-0.25, -0.2) is 4.98 Å². The maximum Gasteiger partial charge on any atom is 0.269 e. The first kappa shape index (κ1) is 21.9. The molecule has 1 aliphatic carbocycles. The Labute approximate surface area is 197 Å². The Balaban J connectivity index is 1.25. The van der Waals surface area contributed by atoms with Crippen LogP contribution in [0.1, 0.15) is 40.5 Å². The number of aromatic amines is 1. The lowest BCUT2D eigenvalue weighted by Crippen LogP contribution is -2.46. The summed E-state index contributed by atoms with van der Waals surface area (Å²) < 4.78 is 0. The first-order chi connectivity index (χ1) is 16.0. The van der Waals surface area contributed by atoms with Gasteiger partial charge in [0.1, 0.15) is 5.69 Å². The van der Waals surface area contributed by atoms with Gasteiger partial charge in [-0.1, -0.05) is 23.7 Å². The summed E-state index contributed by atoms with van der Waals surface area (Å²) in [5.41, 5.74) is 5.63. The van der Waals surface area contributed by atoms with Gasteiger partial charge < -0.3 is 15.2 Å². The molecule has 2 N–H and O–H groups in total. The van der Waals surface area contributed by atoms with E-state index in [0.29, 0.717) is 17.4 Å². The summed E-state index contributed by atoms with van der Waals surface area (Å²) >= 11 is 6.41. The van der Waals surface area contributed by atoms with Crippen molar-refractivity contribution in [2.75, 3.05) is 37.6 Å². The van der Waals surface area contributed by atoms with Crippen LogP contribution in [0.25, 0.3) is 10.9 Å². The topological polar surface area (TPSA) is 81.3 Å². The smallest absolute Gasteiger partial charge is 0.269 e. The number of rotatable bonds is 5. The number of halogens is 1. The van der Waals surface area contributed by atoms with E-state index < -0.39 is 0 Å². The molecule has 1 amide bonds. The summed E-state index contributed by atoms with van der Waals surface area (Å²) in [6.07, 6.45) is 2.96. The zero-order valence-corrected chi connectivity index (χ0v) is 19.5. The number of hydrogen-bond donors (Lipinski definition) is 2. The van der Waals surface area contributed by atoms with Gasteiger partial charge >= 0.3 is 0 Å². The van der Waals surface area contributed by atoms with Crippen molar-refractivity contribution < 1.29 is 4.79 Å². The first-order valence-electron chi connectivity index (χ1n) is 11.6. The van der Waals surface area contributed by atoms with Crippen LogP contribution in [0.3, 0.4) is 0 Å². The fraction of sp³-hybridized carbons (Fsp3) is 0.400. The second-order valence-corrected chi connectivity index (χ2v) is 9.13. The molecule has 7 nitrogen and oxygen atoms in total. The number of aromatic nitrogens is 2. The van der Waals surface area contributed by atoms with Crippen molar-refractivity contribution in [3.05, 3.63) is 68.2 Å². The highest BCUT2D eigenvalue weighted by molar-refractivity contribution is 6.32. The summed E-state index contributed by atoms with van der Waals surface area (Å²) in [7, 11) is 0. The third-order valence-electron chi connectivity index (χ3n) is 6.67. The Bertz CT molecular complexity index is 1260. The number of hydrogen-bond acceptors (Lipinski definition) is 5. The highest BCUT2D eigenvalue weighted by Crippen LogP contribution is 2.28. The Kier molecular flexibility index (Phi) is 6.08. The highest BCUT2D eigenvalue weighted by atomic mass is 35.5. The lowest BCUT2D eigenvalue weighted by Gasteiger charge is -2.36. The van der Waals surface area contributed by atoms with Crippen LogP contribution in [0.15, 0.2) is 35.1 Å². The molecule has 0 saturated carbocycles. The van der Waals surface area contributed by atoms with E-state index in [0.717, 1.165) is 68.8 Å².